The van der Waals surface area contributed by atoms with E-state index in [0.29, 0.717) is 11.7 Å². The third-order valence-corrected chi connectivity index (χ3v) is 5.73. The van der Waals surface area contributed by atoms with Gasteiger partial charge in [-0.15, -0.1) is 10.2 Å². The van der Waals surface area contributed by atoms with Crippen LogP contribution in [-0.4, -0.2) is 26.4 Å². The first-order chi connectivity index (χ1) is 12.2. The topological polar surface area (TPSA) is 59.8 Å². The van der Waals surface area contributed by atoms with E-state index in [0.717, 1.165) is 29.6 Å². The smallest absolute Gasteiger partial charge is 0.234 e. The monoisotopic (exact) mass is 358 g/mol. The number of thioether (sulfide) groups is 1. The predicted octanol–water partition coefficient (Wildman–Crippen LogP) is 4.25. The molecular formula is C19H26N4OS. The van der Waals surface area contributed by atoms with Gasteiger partial charge in [0, 0.05) is 18.2 Å². The van der Waals surface area contributed by atoms with E-state index in [9.17, 15) is 4.79 Å². The highest BCUT2D eigenvalue weighted by Gasteiger charge is 2.24. The molecule has 1 aromatic carbocycles. The molecule has 1 N–H and O–H groups in total. The fourth-order valence-corrected chi connectivity index (χ4v) is 4.15. The molecule has 1 saturated carbocycles. The molecule has 0 unspecified atom stereocenters. The quantitative estimate of drug-likeness (QED) is 0.752. The summed E-state index contributed by atoms with van der Waals surface area (Å²) < 4.78 is 2.17. The minimum atomic E-state index is -0.0117. The van der Waals surface area contributed by atoms with Crippen molar-refractivity contribution in [3.63, 3.8) is 0 Å². The number of carbonyl (C=O) groups excluding carboxylic acids is 1. The zero-order chi connectivity index (χ0) is 17.6. The van der Waals surface area contributed by atoms with Crippen molar-refractivity contribution in [2.75, 3.05) is 11.1 Å². The number of amides is 1. The second-order valence-corrected chi connectivity index (χ2v) is 7.40. The number of hydrogen-bond acceptors (Lipinski definition) is 4. The summed E-state index contributed by atoms with van der Waals surface area (Å²) in [4.78, 5) is 12.2. The van der Waals surface area contributed by atoms with Crippen LogP contribution in [0.25, 0.3) is 0 Å². The van der Waals surface area contributed by atoms with Crippen molar-refractivity contribution < 1.29 is 4.79 Å². The van der Waals surface area contributed by atoms with Crippen LogP contribution in [-0.2, 0) is 17.8 Å². The lowest BCUT2D eigenvalue weighted by atomic mass is 10.1. The van der Waals surface area contributed by atoms with Crippen molar-refractivity contribution in [3.05, 3.63) is 35.7 Å². The molecule has 2 aromatic rings. The molecule has 0 bridgehead atoms. The molecule has 1 aliphatic carbocycles. The van der Waals surface area contributed by atoms with E-state index in [4.69, 9.17) is 0 Å². The highest BCUT2D eigenvalue weighted by molar-refractivity contribution is 7.99. The van der Waals surface area contributed by atoms with Crippen molar-refractivity contribution in [3.8, 4) is 0 Å². The fraction of sp³-hybridized carbons (Fsp3) is 0.526. The Kier molecular flexibility index (Phi) is 6.13. The molecule has 0 atom stereocenters. The van der Waals surface area contributed by atoms with E-state index in [1.54, 1.807) is 0 Å². The van der Waals surface area contributed by atoms with Gasteiger partial charge in [0.1, 0.15) is 5.82 Å². The lowest BCUT2D eigenvalue weighted by Crippen LogP contribution is -2.15. The second kappa shape index (κ2) is 8.52. The van der Waals surface area contributed by atoms with Crippen LogP contribution >= 0.6 is 11.8 Å². The molecule has 3 rings (SSSR count). The summed E-state index contributed by atoms with van der Waals surface area (Å²) in [5.41, 5.74) is 2.11. The summed E-state index contributed by atoms with van der Waals surface area (Å²) in [5, 5.41) is 12.5. The SMILES string of the molecule is CCc1ccc(NC(=O)CSc2nnc(C3CCCC3)n2CC)cc1. The largest absolute Gasteiger partial charge is 0.325 e. The first-order valence-corrected chi connectivity index (χ1v) is 10.1. The van der Waals surface area contributed by atoms with E-state index in [2.05, 4.69) is 33.9 Å². The summed E-state index contributed by atoms with van der Waals surface area (Å²) in [6.07, 6.45) is 5.97. The van der Waals surface area contributed by atoms with Gasteiger partial charge in [0.05, 0.1) is 5.75 Å². The van der Waals surface area contributed by atoms with Crippen molar-refractivity contribution in [2.45, 2.75) is 63.6 Å². The lowest BCUT2D eigenvalue weighted by Gasteiger charge is -2.11. The van der Waals surface area contributed by atoms with Crippen LogP contribution in [0.1, 0.15) is 56.8 Å². The molecule has 1 amide bonds. The van der Waals surface area contributed by atoms with Crippen LogP contribution in [0, 0.1) is 0 Å². The minimum Gasteiger partial charge on any atom is -0.325 e. The summed E-state index contributed by atoms with van der Waals surface area (Å²) in [6.45, 7) is 5.08. The number of aromatic nitrogens is 3. The Morgan fingerprint density at radius 3 is 2.56 bits per heavy atom. The maximum absolute atomic E-state index is 12.2. The Morgan fingerprint density at radius 2 is 1.92 bits per heavy atom. The second-order valence-electron chi connectivity index (χ2n) is 6.45. The molecule has 25 heavy (non-hydrogen) atoms. The van der Waals surface area contributed by atoms with Crippen molar-refractivity contribution >= 4 is 23.4 Å². The third-order valence-electron chi connectivity index (χ3n) is 4.76. The van der Waals surface area contributed by atoms with Gasteiger partial charge in [0.15, 0.2) is 5.16 Å². The number of nitrogens with one attached hydrogen (secondary N) is 1. The fourth-order valence-electron chi connectivity index (χ4n) is 3.34. The first kappa shape index (κ1) is 18.0. The van der Waals surface area contributed by atoms with E-state index in [1.165, 1.54) is 43.0 Å². The molecule has 5 nitrogen and oxygen atoms in total. The molecule has 1 fully saturated rings. The van der Waals surface area contributed by atoms with Gasteiger partial charge < -0.3 is 9.88 Å². The minimum absolute atomic E-state index is 0.0117. The average Bonchev–Trinajstić information content (AvgIpc) is 3.29. The standard InChI is InChI=1S/C19H26N4OS/c1-3-14-9-11-16(12-10-14)20-17(24)13-25-19-22-21-18(23(19)4-2)15-7-5-6-8-15/h9-12,15H,3-8,13H2,1-2H3,(H,20,24). The van der Waals surface area contributed by atoms with Gasteiger partial charge >= 0.3 is 0 Å². The lowest BCUT2D eigenvalue weighted by molar-refractivity contribution is -0.113. The van der Waals surface area contributed by atoms with Gasteiger partial charge in [0.25, 0.3) is 0 Å². The van der Waals surface area contributed by atoms with Gasteiger partial charge in [0.2, 0.25) is 5.91 Å². The van der Waals surface area contributed by atoms with Crippen LogP contribution in [0.15, 0.2) is 29.4 Å². The molecule has 0 spiro atoms. The number of nitrogens with zero attached hydrogens (tertiary/aromatic N) is 3. The van der Waals surface area contributed by atoms with E-state index >= 15 is 0 Å². The molecule has 0 saturated heterocycles. The Labute approximate surface area is 153 Å². The number of benzene rings is 1. The van der Waals surface area contributed by atoms with Gasteiger partial charge in [-0.05, 0) is 43.9 Å². The van der Waals surface area contributed by atoms with Gasteiger partial charge in [-0.3, -0.25) is 4.79 Å². The maximum Gasteiger partial charge on any atom is 0.234 e. The molecule has 1 heterocycles. The maximum atomic E-state index is 12.2. The number of rotatable bonds is 7. The molecule has 1 aromatic heterocycles. The predicted molar refractivity (Wildman–Crippen MR) is 102 cm³/mol. The van der Waals surface area contributed by atoms with Crippen LogP contribution in [0.5, 0.6) is 0 Å². The Balaban J connectivity index is 1.58. The zero-order valence-electron chi connectivity index (χ0n) is 15.0. The van der Waals surface area contributed by atoms with Crippen molar-refractivity contribution in [1.82, 2.24) is 14.8 Å². The highest BCUT2D eigenvalue weighted by atomic mass is 32.2. The number of hydrogen-bond donors (Lipinski definition) is 1. The summed E-state index contributed by atoms with van der Waals surface area (Å²) >= 11 is 1.46. The number of aryl methyl sites for hydroxylation is 1. The summed E-state index contributed by atoms with van der Waals surface area (Å²) in [7, 11) is 0. The Bertz CT molecular complexity index is 705. The average molecular weight is 359 g/mol. The summed E-state index contributed by atoms with van der Waals surface area (Å²) in [5.74, 6) is 1.96. The third kappa shape index (κ3) is 4.42. The van der Waals surface area contributed by atoms with Gasteiger partial charge in [-0.1, -0.05) is 43.7 Å². The molecule has 0 radical (unpaired) electrons. The van der Waals surface area contributed by atoms with Gasteiger partial charge in [-0.2, -0.15) is 0 Å². The Morgan fingerprint density at radius 1 is 1.20 bits per heavy atom. The molecule has 1 aliphatic rings. The van der Waals surface area contributed by atoms with Crippen LogP contribution in [0.4, 0.5) is 5.69 Å². The van der Waals surface area contributed by atoms with Crippen LogP contribution < -0.4 is 5.32 Å². The first-order valence-electron chi connectivity index (χ1n) is 9.16. The molecule has 6 heteroatoms. The van der Waals surface area contributed by atoms with Crippen LogP contribution in [0.3, 0.4) is 0 Å². The van der Waals surface area contributed by atoms with Gasteiger partial charge in [-0.25, -0.2) is 0 Å². The number of anilines is 1. The molecule has 0 aliphatic heterocycles. The van der Waals surface area contributed by atoms with Crippen molar-refractivity contribution in [1.29, 1.82) is 0 Å². The normalized spacial score (nSPS) is 14.8. The summed E-state index contributed by atoms with van der Waals surface area (Å²) in [6, 6.07) is 8.00. The van der Waals surface area contributed by atoms with Crippen molar-refractivity contribution in [2.24, 2.45) is 0 Å². The van der Waals surface area contributed by atoms with E-state index in [1.807, 2.05) is 24.3 Å². The number of carbonyl (C=O) groups is 1. The zero-order valence-corrected chi connectivity index (χ0v) is 15.8. The van der Waals surface area contributed by atoms with E-state index < -0.39 is 0 Å². The Hall–Kier alpha value is -1.82. The van der Waals surface area contributed by atoms with Crippen LogP contribution in [0.2, 0.25) is 0 Å². The van der Waals surface area contributed by atoms with E-state index in [-0.39, 0.29) is 5.91 Å². The molecule has 134 valence electrons. The molecular weight excluding hydrogens is 332 g/mol. The highest BCUT2D eigenvalue weighted by Crippen LogP contribution is 2.34.